The van der Waals surface area contributed by atoms with Crippen LogP contribution in [0.3, 0.4) is 0 Å². The van der Waals surface area contributed by atoms with Crippen LogP contribution in [0, 0.1) is 0 Å². The van der Waals surface area contributed by atoms with Gasteiger partial charge in [0.1, 0.15) is 24.7 Å². The van der Waals surface area contributed by atoms with E-state index in [1.165, 1.54) is 0 Å². The Kier molecular flexibility index (Phi) is 3.73. The third-order valence-corrected chi connectivity index (χ3v) is 3.04. The summed E-state index contributed by atoms with van der Waals surface area (Å²) in [5.41, 5.74) is 6.49. The van der Waals surface area contributed by atoms with E-state index in [0.29, 0.717) is 48.5 Å². The van der Waals surface area contributed by atoms with Crippen LogP contribution in [-0.2, 0) is 0 Å². The number of rotatable bonds is 4. The summed E-state index contributed by atoms with van der Waals surface area (Å²) < 4.78 is 22.2. The Balaban J connectivity index is 1.80. The summed E-state index contributed by atoms with van der Waals surface area (Å²) in [5.74, 6) is 3.33. The quantitative estimate of drug-likeness (QED) is 0.875. The molecule has 0 fully saturated rings. The lowest BCUT2D eigenvalue weighted by Gasteiger charge is -2.20. The van der Waals surface area contributed by atoms with Crippen molar-refractivity contribution in [3.63, 3.8) is 0 Å². The molecule has 0 saturated carbocycles. The van der Waals surface area contributed by atoms with E-state index in [2.05, 4.69) is 0 Å². The molecular formula is C16H17NO4. The Bertz CT molecular complexity index is 625. The molecule has 0 aliphatic carbocycles. The number of ether oxygens (including phenoxy) is 4. The van der Waals surface area contributed by atoms with Crippen LogP contribution in [0.1, 0.15) is 6.92 Å². The van der Waals surface area contributed by atoms with Gasteiger partial charge in [-0.2, -0.15) is 0 Å². The van der Waals surface area contributed by atoms with Gasteiger partial charge in [-0.25, -0.2) is 0 Å². The molecule has 0 spiro atoms. The summed E-state index contributed by atoms with van der Waals surface area (Å²) in [6.07, 6.45) is 0. The highest BCUT2D eigenvalue weighted by molar-refractivity contribution is 5.63. The van der Waals surface area contributed by atoms with Gasteiger partial charge < -0.3 is 24.7 Å². The first-order valence-electron chi connectivity index (χ1n) is 6.86. The summed E-state index contributed by atoms with van der Waals surface area (Å²) >= 11 is 0. The number of fused-ring (bicyclic) bond motifs is 1. The molecule has 0 atom stereocenters. The van der Waals surface area contributed by atoms with Gasteiger partial charge in [-0.1, -0.05) is 0 Å². The van der Waals surface area contributed by atoms with Gasteiger partial charge in [0.05, 0.1) is 12.3 Å². The molecule has 0 unspecified atom stereocenters. The molecule has 110 valence electrons. The summed E-state index contributed by atoms with van der Waals surface area (Å²) in [7, 11) is 0. The maximum Gasteiger partial charge on any atom is 0.165 e. The zero-order chi connectivity index (χ0) is 14.7. The highest BCUT2D eigenvalue weighted by atomic mass is 16.6. The molecule has 0 bridgehead atoms. The number of nitrogens with two attached hydrogens (primary N) is 1. The number of nitrogen functional groups attached to an aromatic ring is 1. The van der Waals surface area contributed by atoms with E-state index in [1.54, 1.807) is 12.1 Å². The molecule has 2 aromatic carbocycles. The number of hydrogen-bond donors (Lipinski definition) is 1. The number of benzene rings is 2. The molecule has 2 N–H and O–H groups in total. The molecular weight excluding hydrogens is 270 g/mol. The van der Waals surface area contributed by atoms with Gasteiger partial charge in [-0.05, 0) is 31.2 Å². The third kappa shape index (κ3) is 2.97. The van der Waals surface area contributed by atoms with Crippen molar-refractivity contribution in [1.82, 2.24) is 0 Å². The van der Waals surface area contributed by atoms with Crippen molar-refractivity contribution < 1.29 is 18.9 Å². The molecule has 0 saturated heterocycles. The van der Waals surface area contributed by atoms with Gasteiger partial charge in [-0.15, -0.1) is 0 Å². The van der Waals surface area contributed by atoms with Crippen LogP contribution in [0.5, 0.6) is 28.7 Å². The summed E-state index contributed by atoms with van der Waals surface area (Å²) in [4.78, 5) is 0. The first kappa shape index (κ1) is 13.4. The van der Waals surface area contributed by atoms with Gasteiger partial charge in [0.15, 0.2) is 17.2 Å². The molecule has 1 aliphatic heterocycles. The fourth-order valence-electron chi connectivity index (χ4n) is 2.07. The second-order valence-electron chi connectivity index (χ2n) is 4.54. The molecule has 0 aromatic heterocycles. The van der Waals surface area contributed by atoms with Crippen LogP contribution in [0.2, 0.25) is 0 Å². The first-order valence-corrected chi connectivity index (χ1v) is 6.86. The molecule has 0 amide bonds. The predicted octanol–water partition coefficient (Wildman–Crippen LogP) is 3.23. The van der Waals surface area contributed by atoms with Gasteiger partial charge in [0, 0.05) is 12.1 Å². The Morgan fingerprint density at radius 3 is 2.29 bits per heavy atom. The fourth-order valence-corrected chi connectivity index (χ4v) is 2.07. The molecule has 3 rings (SSSR count). The first-order chi connectivity index (χ1) is 10.3. The minimum Gasteiger partial charge on any atom is -0.494 e. The lowest BCUT2D eigenvalue weighted by Crippen LogP contribution is -2.15. The van der Waals surface area contributed by atoms with Crippen molar-refractivity contribution in [3.05, 3.63) is 36.4 Å². The van der Waals surface area contributed by atoms with E-state index in [4.69, 9.17) is 24.7 Å². The predicted molar refractivity (Wildman–Crippen MR) is 79.5 cm³/mol. The van der Waals surface area contributed by atoms with E-state index >= 15 is 0 Å². The zero-order valence-electron chi connectivity index (χ0n) is 11.8. The van der Waals surface area contributed by atoms with Crippen molar-refractivity contribution in [1.29, 1.82) is 0 Å². The molecule has 1 heterocycles. The van der Waals surface area contributed by atoms with Crippen LogP contribution >= 0.6 is 0 Å². The van der Waals surface area contributed by atoms with Crippen LogP contribution in [-0.4, -0.2) is 19.8 Å². The van der Waals surface area contributed by atoms with E-state index in [1.807, 2.05) is 31.2 Å². The van der Waals surface area contributed by atoms with Crippen molar-refractivity contribution in [3.8, 4) is 28.7 Å². The summed E-state index contributed by atoms with van der Waals surface area (Å²) in [5, 5.41) is 0. The van der Waals surface area contributed by atoms with Crippen LogP contribution in [0.4, 0.5) is 5.69 Å². The van der Waals surface area contributed by atoms with E-state index in [-0.39, 0.29) is 0 Å². The Labute approximate surface area is 123 Å². The second kappa shape index (κ2) is 5.83. The van der Waals surface area contributed by atoms with E-state index < -0.39 is 0 Å². The van der Waals surface area contributed by atoms with Gasteiger partial charge in [0.2, 0.25) is 0 Å². The summed E-state index contributed by atoms with van der Waals surface area (Å²) in [6, 6.07) is 10.8. The molecule has 0 radical (unpaired) electrons. The van der Waals surface area contributed by atoms with Crippen molar-refractivity contribution in [2.45, 2.75) is 6.92 Å². The lowest BCUT2D eigenvalue weighted by molar-refractivity contribution is 0.171. The van der Waals surface area contributed by atoms with Gasteiger partial charge in [-0.3, -0.25) is 0 Å². The third-order valence-electron chi connectivity index (χ3n) is 3.04. The normalized spacial score (nSPS) is 12.8. The Hall–Kier alpha value is -2.56. The van der Waals surface area contributed by atoms with Crippen molar-refractivity contribution in [2.75, 3.05) is 25.6 Å². The second-order valence-corrected chi connectivity index (χ2v) is 4.54. The van der Waals surface area contributed by atoms with Gasteiger partial charge >= 0.3 is 0 Å². The molecule has 5 nitrogen and oxygen atoms in total. The van der Waals surface area contributed by atoms with Crippen molar-refractivity contribution in [2.24, 2.45) is 0 Å². The maximum atomic E-state index is 5.98. The molecule has 2 aromatic rings. The maximum absolute atomic E-state index is 5.98. The average Bonchev–Trinajstić information content (AvgIpc) is 2.50. The van der Waals surface area contributed by atoms with Crippen LogP contribution in [0.25, 0.3) is 0 Å². The van der Waals surface area contributed by atoms with E-state index in [0.717, 1.165) is 5.75 Å². The smallest absolute Gasteiger partial charge is 0.165 e. The topological polar surface area (TPSA) is 62.9 Å². The highest BCUT2D eigenvalue weighted by Gasteiger charge is 2.15. The minimum absolute atomic E-state index is 0.508. The largest absolute Gasteiger partial charge is 0.494 e. The fraction of sp³-hybridized carbons (Fsp3) is 0.250. The lowest BCUT2D eigenvalue weighted by atomic mass is 10.2. The standard InChI is InChI=1S/C16H17NO4/c1-2-18-11-3-5-12(6-4-11)21-14-10-16-15(9-13(14)17)19-7-8-20-16/h3-6,9-10H,2,7-8,17H2,1H3. The number of hydrogen-bond acceptors (Lipinski definition) is 5. The Morgan fingerprint density at radius 2 is 1.62 bits per heavy atom. The van der Waals surface area contributed by atoms with Crippen molar-refractivity contribution >= 4 is 5.69 Å². The highest BCUT2D eigenvalue weighted by Crippen LogP contribution is 2.40. The monoisotopic (exact) mass is 287 g/mol. The molecule has 21 heavy (non-hydrogen) atoms. The SMILES string of the molecule is CCOc1ccc(Oc2cc3c(cc2N)OCCO3)cc1. The average molecular weight is 287 g/mol. The zero-order valence-corrected chi connectivity index (χ0v) is 11.8. The number of anilines is 1. The minimum atomic E-state index is 0.508. The van der Waals surface area contributed by atoms with Gasteiger partial charge in [0.25, 0.3) is 0 Å². The van der Waals surface area contributed by atoms with Crippen LogP contribution in [0.15, 0.2) is 36.4 Å². The Morgan fingerprint density at radius 1 is 1.00 bits per heavy atom. The molecule has 1 aliphatic rings. The molecule has 5 heteroatoms. The van der Waals surface area contributed by atoms with Crippen LogP contribution < -0.4 is 24.7 Å². The summed E-state index contributed by atoms with van der Waals surface area (Å²) in [6.45, 7) is 3.64. The van der Waals surface area contributed by atoms with E-state index in [9.17, 15) is 0 Å².